The minimum atomic E-state index is 0.0621. The summed E-state index contributed by atoms with van der Waals surface area (Å²) in [6.07, 6.45) is 14.0. The number of carbonyl (C=O) groups excluding carboxylic acids is 1. The highest BCUT2D eigenvalue weighted by Crippen LogP contribution is 2.41. The van der Waals surface area contributed by atoms with E-state index in [4.69, 9.17) is 0 Å². The molecule has 0 unspecified atom stereocenters. The van der Waals surface area contributed by atoms with Gasteiger partial charge in [0.1, 0.15) is 0 Å². The third-order valence-corrected chi connectivity index (χ3v) is 6.26. The van der Waals surface area contributed by atoms with Crippen LogP contribution in [0.4, 0.5) is 0 Å². The highest BCUT2D eigenvalue weighted by atomic mass is 16.5. The van der Waals surface area contributed by atoms with Gasteiger partial charge in [-0.1, -0.05) is 54.1 Å². The normalized spacial score (nSPS) is 18.5. The standard InChI is InChI=1S/C26H25N3O2/c30-26(20-10-14-27-15-11-20)28-16-12-19(13-17-28)22-7-2-1-3-9-24-25(22)23-8-5-4-6-21(23)18-29(24)31/h1-8,10-11,14-15,31H,9,12-13,16-18H2. The summed E-state index contributed by atoms with van der Waals surface area (Å²) in [5.74, 6) is 0.0621. The van der Waals surface area contributed by atoms with E-state index in [-0.39, 0.29) is 5.91 Å². The molecule has 1 aliphatic carbocycles. The number of piperidine rings is 1. The molecule has 0 saturated carbocycles. The van der Waals surface area contributed by atoms with Crippen molar-refractivity contribution in [3.05, 3.63) is 107 Å². The van der Waals surface area contributed by atoms with Crippen molar-refractivity contribution in [3.63, 3.8) is 0 Å². The minimum Gasteiger partial charge on any atom is -0.338 e. The van der Waals surface area contributed by atoms with Gasteiger partial charge in [0.15, 0.2) is 0 Å². The summed E-state index contributed by atoms with van der Waals surface area (Å²) in [5, 5.41) is 12.2. The average Bonchev–Trinajstić information content (AvgIpc) is 2.80. The lowest BCUT2D eigenvalue weighted by Crippen LogP contribution is -2.36. The van der Waals surface area contributed by atoms with Gasteiger partial charge in [-0.2, -0.15) is 0 Å². The van der Waals surface area contributed by atoms with Crippen LogP contribution in [-0.2, 0) is 6.54 Å². The van der Waals surface area contributed by atoms with E-state index in [1.807, 2.05) is 17.0 Å². The number of aromatic nitrogens is 1. The predicted molar refractivity (Wildman–Crippen MR) is 120 cm³/mol. The zero-order valence-corrected chi connectivity index (χ0v) is 17.4. The first kappa shape index (κ1) is 19.5. The highest BCUT2D eigenvalue weighted by molar-refractivity contribution is 5.94. The van der Waals surface area contributed by atoms with E-state index in [0.29, 0.717) is 31.6 Å². The largest absolute Gasteiger partial charge is 0.338 e. The number of carbonyl (C=O) groups is 1. The molecular formula is C26H25N3O2. The molecule has 3 heterocycles. The van der Waals surface area contributed by atoms with Crippen molar-refractivity contribution < 1.29 is 10.0 Å². The predicted octanol–water partition coefficient (Wildman–Crippen LogP) is 4.75. The molecule has 2 aliphatic heterocycles. The third-order valence-electron chi connectivity index (χ3n) is 6.26. The van der Waals surface area contributed by atoms with E-state index >= 15 is 0 Å². The van der Waals surface area contributed by atoms with Gasteiger partial charge in [0.25, 0.3) is 5.91 Å². The summed E-state index contributed by atoms with van der Waals surface area (Å²) >= 11 is 0. The molecule has 1 amide bonds. The number of pyridine rings is 1. The zero-order chi connectivity index (χ0) is 21.2. The minimum absolute atomic E-state index is 0.0621. The maximum Gasteiger partial charge on any atom is 0.253 e. The quantitative estimate of drug-likeness (QED) is 0.736. The van der Waals surface area contributed by atoms with E-state index < -0.39 is 0 Å². The SMILES string of the molecule is O=C(c1ccncc1)N1CCC(=C2C=CC=CCC3=C2c2ccccc2CN3O)CC1. The lowest BCUT2D eigenvalue weighted by atomic mass is 9.83. The van der Waals surface area contributed by atoms with Gasteiger partial charge < -0.3 is 4.90 Å². The van der Waals surface area contributed by atoms with Gasteiger partial charge >= 0.3 is 0 Å². The molecule has 5 heteroatoms. The van der Waals surface area contributed by atoms with E-state index in [1.54, 1.807) is 24.5 Å². The van der Waals surface area contributed by atoms with E-state index in [0.717, 1.165) is 29.7 Å². The third kappa shape index (κ3) is 3.73. The van der Waals surface area contributed by atoms with Crippen LogP contribution in [0.1, 0.15) is 40.7 Å². The number of nitrogens with zero attached hydrogens (tertiary/aromatic N) is 3. The second-order valence-electron chi connectivity index (χ2n) is 8.07. The Hall–Kier alpha value is -3.44. The first-order valence-corrected chi connectivity index (χ1v) is 10.7. The van der Waals surface area contributed by atoms with Crippen LogP contribution in [0, 0.1) is 0 Å². The lowest BCUT2D eigenvalue weighted by Gasteiger charge is -2.34. The maximum absolute atomic E-state index is 12.8. The number of hydrogen-bond donors (Lipinski definition) is 1. The summed E-state index contributed by atoms with van der Waals surface area (Å²) in [4.78, 5) is 18.8. The van der Waals surface area contributed by atoms with Crippen molar-refractivity contribution in [1.29, 1.82) is 0 Å². The van der Waals surface area contributed by atoms with E-state index in [2.05, 4.69) is 41.4 Å². The number of rotatable bonds is 1. The highest BCUT2D eigenvalue weighted by Gasteiger charge is 2.28. The average molecular weight is 412 g/mol. The number of likely N-dealkylation sites (tertiary alicyclic amines) is 1. The fraction of sp³-hybridized carbons (Fsp3) is 0.231. The molecule has 1 fully saturated rings. The van der Waals surface area contributed by atoms with Crippen LogP contribution in [0.15, 0.2) is 89.9 Å². The Labute approximate surface area is 182 Å². The molecule has 5 rings (SSSR count). The molecule has 31 heavy (non-hydrogen) atoms. The molecule has 3 aliphatic rings. The Kier molecular flexibility index (Phi) is 5.26. The second kappa shape index (κ2) is 8.36. The second-order valence-corrected chi connectivity index (χ2v) is 8.07. The Morgan fingerprint density at radius 3 is 2.58 bits per heavy atom. The molecular weight excluding hydrogens is 386 g/mol. The topological polar surface area (TPSA) is 56.7 Å². The monoisotopic (exact) mass is 411 g/mol. The lowest BCUT2D eigenvalue weighted by molar-refractivity contribution is -0.0664. The number of amides is 1. The molecule has 2 aromatic rings. The van der Waals surface area contributed by atoms with Gasteiger partial charge in [-0.15, -0.1) is 0 Å². The van der Waals surface area contributed by atoms with Crippen molar-refractivity contribution in [2.75, 3.05) is 13.1 Å². The van der Waals surface area contributed by atoms with Crippen molar-refractivity contribution in [2.45, 2.75) is 25.8 Å². The summed E-state index contributed by atoms with van der Waals surface area (Å²) in [6.45, 7) is 1.89. The van der Waals surface area contributed by atoms with Gasteiger partial charge in [-0.05, 0) is 41.7 Å². The van der Waals surface area contributed by atoms with Crippen molar-refractivity contribution in [1.82, 2.24) is 14.9 Å². The van der Waals surface area contributed by atoms with E-state index in [1.165, 1.54) is 21.8 Å². The Balaban J connectivity index is 1.50. The number of benzene rings is 1. The summed E-state index contributed by atoms with van der Waals surface area (Å²) < 4.78 is 0. The number of hydroxylamine groups is 2. The summed E-state index contributed by atoms with van der Waals surface area (Å²) in [6, 6.07) is 11.9. The molecule has 0 bridgehead atoms. The van der Waals surface area contributed by atoms with E-state index in [9.17, 15) is 10.0 Å². The van der Waals surface area contributed by atoms with Crippen molar-refractivity contribution in [3.8, 4) is 0 Å². The molecule has 5 nitrogen and oxygen atoms in total. The maximum atomic E-state index is 12.8. The molecule has 0 atom stereocenters. The van der Waals surface area contributed by atoms with Crippen LogP contribution in [-0.4, -0.2) is 39.2 Å². The number of hydrogen-bond acceptors (Lipinski definition) is 4. The van der Waals surface area contributed by atoms with Gasteiger partial charge in [0.05, 0.1) is 12.2 Å². The molecule has 1 saturated heterocycles. The van der Waals surface area contributed by atoms with Crippen LogP contribution < -0.4 is 0 Å². The van der Waals surface area contributed by atoms with Gasteiger partial charge in [-0.25, -0.2) is 0 Å². The van der Waals surface area contributed by atoms with Crippen molar-refractivity contribution in [2.24, 2.45) is 0 Å². The fourth-order valence-electron chi connectivity index (χ4n) is 4.67. The zero-order valence-electron chi connectivity index (χ0n) is 17.4. The smallest absolute Gasteiger partial charge is 0.253 e. The summed E-state index contributed by atoms with van der Waals surface area (Å²) in [5.41, 5.74) is 7.59. The molecule has 156 valence electrons. The molecule has 1 aromatic carbocycles. The van der Waals surface area contributed by atoms with Gasteiger partial charge in [-0.3, -0.25) is 20.0 Å². The van der Waals surface area contributed by atoms with Gasteiger partial charge in [0.2, 0.25) is 0 Å². The van der Waals surface area contributed by atoms with Crippen LogP contribution in [0.3, 0.4) is 0 Å². The van der Waals surface area contributed by atoms with Gasteiger partial charge in [0, 0.05) is 43.0 Å². The molecule has 0 radical (unpaired) electrons. The summed E-state index contributed by atoms with van der Waals surface area (Å²) in [7, 11) is 0. The van der Waals surface area contributed by atoms with Crippen LogP contribution in [0.2, 0.25) is 0 Å². The Bertz CT molecular complexity index is 1120. The fourth-order valence-corrected chi connectivity index (χ4v) is 4.67. The Morgan fingerprint density at radius 1 is 1.00 bits per heavy atom. The first-order chi connectivity index (χ1) is 15.2. The molecule has 1 N–H and O–H groups in total. The van der Waals surface area contributed by atoms with Crippen LogP contribution in [0.25, 0.3) is 5.57 Å². The number of allylic oxidation sites excluding steroid dienone is 6. The van der Waals surface area contributed by atoms with Crippen molar-refractivity contribution >= 4 is 11.5 Å². The number of fused-ring (bicyclic) bond motifs is 2. The first-order valence-electron chi connectivity index (χ1n) is 10.7. The molecule has 0 spiro atoms. The Morgan fingerprint density at radius 2 is 1.77 bits per heavy atom. The molecule has 1 aromatic heterocycles. The van der Waals surface area contributed by atoms with Crippen LogP contribution in [0.5, 0.6) is 0 Å². The van der Waals surface area contributed by atoms with Crippen LogP contribution >= 0.6 is 0 Å².